The van der Waals surface area contributed by atoms with E-state index in [1.165, 1.54) is 24.1 Å². The van der Waals surface area contributed by atoms with Gasteiger partial charge in [-0.1, -0.05) is 60.2 Å². The first-order valence-electron chi connectivity index (χ1n) is 12.5. The van der Waals surface area contributed by atoms with Crippen molar-refractivity contribution in [2.45, 2.75) is 31.2 Å². The summed E-state index contributed by atoms with van der Waals surface area (Å²) >= 11 is 4.36. The van der Waals surface area contributed by atoms with Gasteiger partial charge in [0.05, 0.1) is 0 Å². The average molecular weight is 565 g/mol. The van der Waals surface area contributed by atoms with Gasteiger partial charge in [0.2, 0.25) is 0 Å². The molecule has 0 atom stereocenters. The van der Waals surface area contributed by atoms with Crippen molar-refractivity contribution in [3.05, 3.63) is 82.4 Å². The van der Waals surface area contributed by atoms with Crippen LogP contribution in [0.15, 0.2) is 59.5 Å². The summed E-state index contributed by atoms with van der Waals surface area (Å²) in [6.45, 7) is 0.868. The Balaban J connectivity index is 0.00000336. The van der Waals surface area contributed by atoms with E-state index >= 15 is 0 Å². The maximum atomic E-state index is 13.6. The zero-order valence-electron chi connectivity index (χ0n) is 21.9. The second kappa shape index (κ2) is 12.1. The quantitative estimate of drug-likeness (QED) is 0.383. The minimum atomic E-state index is -5.11. The zero-order valence-corrected chi connectivity index (χ0v) is 25.9. The summed E-state index contributed by atoms with van der Waals surface area (Å²) in [4.78, 5) is 17.0. The number of fused-ring (bicyclic) bond motifs is 3. The van der Waals surface area contributed by atoms with Crippen LogP contribution in [0.1, 0.15) is 33.7 Å². The predicted octanol–water partition coefficient (Wildman–Crippen LogP) is 2.72. The minimum absolute atomic E-state index is 0. The molecule has 0 aromatic heterocycles. The average Bonchev–Trinajstić information content (AvgIpc) is 3.21. The number of halogens is 3. The van der Waals surface area contributed by atoms with Gasteiger partial charge in [-0.05, 0) is 47.2 Å². The molecule has 0 saturated carbocycles. The van der Waals surface area contributed by atoms with Crippen molar-refractivity contribution in [3.63, 3.8) is 0 Å². The van der Waals surface area contributed by atoms with Gasteiger partial charge in [-0.2, -0.15) is 0 Å². The molecule has 4 nitrogen and oxygen atoms in total. The second-order valence-electron chi connectivity index (χ2n) is 9.87. The maximum Gasteiger partial charge on any atom is 1.00 e. The molecule has 5 rings (SSSR count). The summed E-state index contributed by atoms with van der Waals surface area (Å²) in [5.74, 6) is 0.00186. The number of thiol groups is 1. The van der Waals surface area contributed by atoms with Crippen molar-refractivity contribution in [1.29, 1.82) is 0 Å². The van der Waals surface area contributed by atoms with Crippen LogP contribution in [-0.2, 0) is 11.3 Å². The Hall–Kier alpha value is -1.27. The molecule has 10 heteroatoms. The molecule has 1 heterocycles. The van der Waals surface area contributed by atoms with Crippen molar-refractivity contribution in [3.8, 4) is 11.1 Å². The summed E-state index contributed by atoms with van der Waals surface area (Å²) in [5.41, 5.74) is 5.68. The van der Waals surface area contributed by atoms with Crippen LogP contribution in [0.5, 0.6) is 0 Å². The van der Waals surface area contributed by atoms with Crippen molar-refractivity contribution >= 4 is 31.2 Å². The van der Waals surface area contributed by atoms with Crippen molar-refractivity contribution in [2.24, 2.45) is 0 Å². The van der Waals surface area contributed by atoms with Gasteiger partial charge < -0.3 is 22.6 Å². The van der Waals surface area contributed by atoms with Gasteiger partial charge in [0, 0.05) is 43.5 Å². The van der Waals surface area contributed by atoms with Crippen LogP contribution >= 0.6 is 12.6 Å². The topological polar surface area (TPSA) is 32.8 Å². The summed E-state index contributed by atoms with van der Waals surface area (Å²) in [6, 6.07) is 17.7. The predicted molar refractivity (Wildman–Crippen MR) is 144 cm³/mol. The molecule has 0 spiro atoms. The summed E-state index contributed by atoms with van der Waals surface area (Å²) in [5, 5.41) is 0. The molecule has 1 amide bonds. The van der Waals surface area contributed by atoms with Gasteiger partial charge in [-0.25, -0.2) is 4.79 Å². The molecule has 0 N–H and O–H groups in total. The maximum absolute atomic E-state index is 13.6. The van der Waals surface area contributed by atoms with Crippen LogP contribution in [0.3, 0.4) is 0 Å². The molecule has 0 bridgehead atoms. The van der Waals surface area contributed by atoms with E-state index in [9.17, 15) is 17.7 Å². The van der Waals surface area contributed by atoms with Gasteiger partial charge >= 0.3 is 64.5 Å². The Kier molecular flexibility index (Phi) is 9.44. The number of carbonyl (C=O) groups excluding carboxylic acids is 1. The fourth-order valence-corrected chi connectivity index (χ4v) is 5.77. The van der Waals surface area contributed by atoms with E-state index in [4.69, 9.17) is 4.74 Å². The fourth-order valence-electron chi connectivity index (χ4n) is 5.49. The fraction of sp³-hybridized carbons (Fsp3) is 0.321. The number of ether oxygens (including phenoxy) is 1. The SMILES string of the molecule is Cc1c(CN2CCN(C(=O)OCC3c4ccccc4-c4ccccc43)CC2)cc([B-](F)(F)F)c(C)c1S.[K+]. The molecule has 3 aromatic carbocycles. The Morgan fingerprint density at radius 2 is 1.50 bits per heavy atom. The number of rotatable bonds is 5. The molecule has 3 aromatic rings. The summed E-state index contributed by atoms with van der Waals surface area (Å²) < 4.78 is 46.5. The number of hydrogen-bond donors (Lipinski definition) is 1. The van der Waals surface area contributed by atoms with E-state index in [0.29, 0.717) is 43.2 Å². The summed E-state index contributed by atoms with van der Waals surface area (Å²) in [7, 11) is 0. The number of hydrogen-bond acceptors (Lipinski definition) is 4. The van der Waals surface area contributed by atoms with E-state index in [-0.39, 0.29) is 75.6 Å². The molecule has 1 fully saturated rings. The molecule has 1 aliphatic heterocycles. The molecular formula is C28H29BF3KN2O2S. The Morgan fingerprint density at radius 1 is 0.947 bits per heavy atom. The van der Waals surface area contributed by atoms with Gasteiger partial charge in [0.1, 0.15) is 6.61 Å². The standard InChI is InChI=1S/C28H29BF3N2O2S.K/c1-18-20(15-26(29(30,31)32)19(2)27(18)37)16-33-11-13-34(14-12-33)28(35)36-17-25-23-9-5-3-7-21(23)22-8-4-6-10-24(22)25;/h3-10,15,25,37H,11-14,16-17H2,1-2H3;/q-1;+1. The van der Waals surface area contributed by atoms with Crippen LogP contribution < -0.4 is 56.8 Å². The summed E-state index contributed by atoms with van der Waals surface area (Å²) in [6.07, 6.45) is -0.354. The molecule has 0 unspecified atom stereocenters. The third kappa shape index (κ3) is 5.92. The van der Waals surface area contributed by atoms with Crippen molar-refractivity contribution < 1.29 is 73.9 Å². The Bertz CT molecular complexity index is 1300. The number of piperazine rings is 1. The Morgan fingerprint density at radius 3 is 2.05 bits per heavy atom. The van der Waals surface area contributed by atoms with Crippen LogP contribution in [0.4, 0.5) is 17.7 Å². The van der Waals surface area contributed by atoms with E-state index < -0.39 is 12.4 Å². The third-order valence-corrected chi connectivity index (χ3v) is 8.34. The Labute approximate surface area is 269 Å². The van der Waals surface area contributed by atoms with E-state index in [2.05, 4.69) is 41.8 Å². The molecule has 0 radical (unpaired) electrons. The molecular weight excluding hydrogens is 535 g/mol. The number of amides is 1. The van der Waals surface area contributed by atoms with Crippen LogP contribution in [-0.4, -0.2) is 55.7 Å². The molecule has 1 aliphatic carbocycles. The monoisotopic (exact) mass is 564 g/mol. The largest absolute Gasteiger partial charge is 1.00 e. The van der Waals surface area contributed by atoms with Crippen LogP contribution in [0.2, 0.25) is 0 Å². The molecule has 194 valence electrons. The molecule has 38 heavy (non-hydrogen) atoms. The van der Waals surface area contributed by atoms with Crippen molar-refractivity contribution in [2.75, 3.05) is 32.8 Å². The molecule has 2 aliphatic rings. The smallest absolute Gasteiger partial charge is 0.448 e. The molecule has 1 saturated heterocycles. The van der Waals surface area contributed by atoms with E-state index in [0.717, 1.165) is 16.7 Å². The van der Waals surface area contributed by atoms with Crippen LogP contribution in [0.25, 0.3) is 11.1 Å². The first-order chi connectivity index (χ1) is 17.6. The van der Waals surface area contributed by atoms with Gasteiger partial charge in [0.25, 0.3) is 0 Å². The van der Waals surface area contributed by atoms with Gasteiger partial charge in [0.15, 0.2) is 0 Å². The second-order valence-corrected chi connectivity index (χ2v) is 10.3. The number of nitrogens with zero attached hydrogens (tertiary/aromatic N) is 2. The first kappa shape index (κ1) is 29.7. The van der Waals surface area contributed by atoms with E-state index in [1.807, 2.05) is 31.2 Å². The van der Waals surface area contributed by atoms with E-state index in [1.54, 1.807) is 4.90 Å². The van der Waals surface area contributed by atoms with Crippen molar-refractivity contribution in [1.82, 2.24) is 9.80 Å². The third-order valence-electron chi connectivity index (χ3n) is 7.67. The number of benzene rings is 3. The van der Waals surface area contributed by atoms with Crippen LogP contribution in [0, 0.1) is 13.8 Å². The van der Waals surface area contributed by atoms with Gasteiger partial charge in [-0.15, -0.1) is 18.1 Å². The minimum Gasteiger partial charge on any atom is -0.448 e. The zero-order chi connectivity index (χ0) is 26.3. The normalized spacial score (nSPS) is 15.6. The first-order valence-corrected chi connectivity index (χ1v) is 12.9. The number of carbonyl (C=O) groups is 1. The van der Waals surface area contributed by atoms with Gasteiger partial charge in [-0.3, -0.25) is 4.90 Å².